The number of aromatic hydroxyl groups is 1. The summed E-state index contributed by atoms with van der Waals surface area (Å²) in [4.78, 5) is 23.3. The van der Waals surface area contributed by atoms with Crippen LogP contribution in [0.25, 0.3) is 0 Å². The summed E-state index contributed by atoms with van der Waals surface area (Å²) < 4.78 is 13.0. The van der Waals surface area contributed by atoms with Gasteiger partial charge in [0.25, 0.3) is 11.8 Å². The Balaban J connectivity index is 1.84. The number of halogens is 2. The van der Waals surface area contributed by atoms with Crippen LogP contribution < -0.4 is 10.7 Å². The first kappa shape index (κ1) is 17.4. The van der Waals surface area contributed by atoms with E-state index in [2.05, 4.69) is 15.8 Å². The van der Waals surface area contributed by atoms with Gasteiger partial charge >= 0.3 is 0 Å². The molecule has 3 N–H and O–H groups in total. The molecule has 2 rings (SSSR count). The van der Waals surface area contributed by atoms with Gasteiger partial charge in [-0.25, -0.2) is 9.82 Å². The summed E-state index contributed by atoms with van der Waals surface area (Å²) in [5, 5.41) is 16.0. The van der Waals surface area contributed by atoms with Crippen molar-refractivity contribution in [3.8, 4) is 5.75 Å². The maximum atomic E-state index is 13.0. The zero-order valence-corrected chi connectivity index (χ0v) is 13.0. The van der Waals surface area contributed by atoms with E-state index in [1.165, 1.54) is 42.6 Å². The standard InChI is InChI=1S/C16H13ClFN3O3/c17-12-4-5-14(22)11(6-12)8-20-21-15(23)9-19-16(24)10-2-1-3-13(18)7-10/h1-8,22H,9H2,(H,19,24)(H,21,23). The third-order valence-electron chi connectivity index (χ3n) is 2.88. The molecule has 24 heavy (non-hydrogen) atoms. The third kappa shape index (κ3) is 5.06. The molecule has 0 aliphatic rings. The minimum atomic E-state index is -0.586. The van der Waals surface area contributed by atoms with E-state index in [1.807, 2.05) is 0 Å². The Labute approximate surface area is 141 Å². The fraction of sp³-hybridized carbons (Fsp3) is 0.0625. The van der Waals surface area contributed by atoms with Crippen molar-refractivity contribution in [1.29, 1.82) is 0 Å². The second kappa shape index (κ2) is 8.07. The molecule has 0 unspecified atom stereocenters. The Morgan fingerprint density at radius 3 is 2.79 bits per heavy atom. The van der Waals surface area contributed by atoms with Crippen molar-refractivity contribution in [2.45, 2.75) is 0 Å². The monoisotopic (exact) mass is 349 g/mol. The Morgan fingerprint density at radius 1 is 1.25 bits per heavy atom. The number of phenolic OH excluding ortho intramolecular Hbond substituents is 1. The molecule has 0 bridgehead atoms. The van der Waals surface area contributed by atoms with E-state index in [0.29, 0.717) is 10.6 Å². The first-order valence-electron chi connectivity index (χ1n) is 6.80. The Hall–Kier alpha value is -2.93. The summed E-state index contributed by atoms with van der Waals surface area (Å²) in [6.45, 7) is -0.339. The van der Waals surface area contributed by atoms with Crippen LogP contribution in [0, 0.1) is 5.82 Å². The Kier molecular flexibility index (Phi) is 5.86. The van der Waals surface area contributed by atoms with Gasteiger partial charge in [-0.3, -0.25) is 9.59 Å². The second-order valence-corrected chi connectivity index (χ2v) is 5.13. The zero-order valence-electron chi connectivity index (χ0n) is 12.3. The molecule has 124 valence electrons. The summed E-state index contributed by atoms with van der Waals surface area (Å²) in [7, 11) is 0. The molecule has 0 aromatic heterocycles. The van der Waals surface area contributed by atoms with Crippen molar-refractivity contribution in [2.75, 3.05) is 6.54 Å². The van der Waals surface area contributed by atoms with Crippen molar-refractivity contribution >= 4 is 29.6 Å². The van der Waals surface area contributed by atoms with Crippen molar-refractivity contribution < 1.29 is 19.1 Å². The van der Waals surface area contributed by atoms with Gasteiger partial charge in [0.1, 0.15) is 11.6 Å². The van der Waals surface area contributed by atoms with E-state index in [0.717, 1.165) is 6.07 Å². The lowest BCUT2D eigenvalue weighted by Gasteiger charge is -2.04. The second-order valence-electron chi connectivity index (χ2n) is 4.69. The molecule has 0 heterocycles. The number of rotatable bonds is 5. The fourth-order valence-corrected chi connectivity index (χ4v) is 1.92. The first-order chi connectivity index (χ1) is 11.5. The van der Waals surface area contributed by atoms with Crippen LogP contribution in [0.1, 0.15) is 15.9 Å². The van der Waals surface area contributed by atoms with Crippen LogP contribution in [0.15, 0.2) is 47.6 Å². The van der Waals surface area contributed by atoms with Crippen LogP contribution in [0.4, 0.5) is 4.39 Å². The zero-order chi connectivity index (χ0) is 17.5. The van der Waals surface area contributed by atoms with Gasteiger partial charge in [-0.2, -0.15) is 5.10 Å². The number of nitrogens with zero attached hydrogens (tertiary/aromatic N) is 1. The van der Waals surface area contributed by atoms with Gasteiger partial charge in [-0.1, -0.05) is 17.7 Å². The van der Waals surface area contributed by atoms with Crippen LogP contribution >= 0.6 is 11.6 Å². The van der Waals surface area contributed by atoms with Crippen LogP contribution in [0.3, 0.4) is 0 Å². The molecule has 2 aromatic rings. The molecular weight excluding hydrogens is 337 g/mol. The van der Waals surface area contributed by atoms with Gasteiger partial charge < -0.3 is 10.4 Å². The minimum Gasteiger partial charge on any atom is -0.507 e. The predicted molar refractivity (Wildman–Crippen MR) is 87.6 cm³/mol. The Bertz CT molecular complexity index is 796. The molecule has 2 aromatic carbocycles. The molecule has 0 aliphatic carbocycles. The topological polar surface area (TPSA) is 90.8 Å². The molecule has 0 aliphatic heterocycles. The quantitative estimate of drug-likeness (QED) is 0.570. The summed E-state index contributed by atoms with van der Waals surface area (Å²) in [6.07, 6.45) is 1.22. The van der Waals surface area contributed by atoms with E-state index in [-0.39, 0.29) is 17.9 Å². The summed E-state index contributed by atoms with van der Waals surface area (Å²) in [5.41, 5.74) is 2.62. The average Bonchev–Trinajstić information content (AvgIpc) is 2.56. The third-order valence-corrected chi connectivity index (χ3v) is 3.11. The molecule has 0 fully saturated rings. The highest BCUT2D eigenvalue weighted by molar-refractivity contribution is 6.30. The molecule has 0 atom stereocenters. The number of hydrazone groups is 1. The lowest BCUT2D eigenvalue weighted by Crippen LogP contribution is -2.34. The number of benzene rings is 2. The SMILES string of the molecule is O=C(CNC(=O)c1cccc(F)c1)NN=Cc1cc(Cl)ccc1O. The van der Waals surface area contributed by atoms with Crippen molar-refractivity contribution in [2.24, 2.45) is 5.10 Å². The van der Waals surface area contributed by atoms with Gasteiger partial charge in [-0.05, 0) is 36.4 Å². The van der Waals surface area contributed by atoms with Gasteiger partial charge in [0.2, 0.25) is 0 Å². The number of nitrogens with one attached hydrogen (secondary N) is 2. The van der Waals surface area contributed by atoms with Crippen molar-refractivity contribution in [1.82, 2.24) is 10.7 Å². The van der Waals surface area contributed by atoms with Crippen molar-refractivity contribution in [3.05, 3.63) is 64.4 Å². The highest BCUT2D eigenvalue weighted by atomic mass is 35.5. The molecular formula is C16H13ClFN3O3. The molecule has 0 spiro atoms. The number of carbonyl (C=O) groups excluding carboxylic acids is 2. The number of hydrogen-bond donors (Lipinski definition) is 3. The Morgan fingerprint density at radius 2 is 2.04 bits per heavy atom. The highest BCUT2D eigenvalue weighted by Crippen LogP contribution is 2.19. The molecule has 0 saturated carbocycles. The summed E-state index contributed by atoms with van der Waals surface area (Å²) in [5.74, 6) is -1.76. The fourth-order valence-electron chi connectivity index (χ4n) is 1.73. The van der Waals surface area contributed by atoms with Gasteiger partial charge in [-0.15, -0.1) is 0 Å². The summed E-state index contributed by atoms with van der Waals surface area (Å²) in [6, 6.07) is 9.47. The van der Waals surface area contributed by atoms with Gasteiger partial charge in [0.05, 0.1) is 12.8 Å². The predicted octanol–water partition coefficient (Wildman–Crippen LogP) is 2.06. The van der Waals surface area contributed by atoms with Crippen LogP contribution in [-0.2, 0) is 4.79 Å². The lowest BCUT2D eigenvalue weighted by molar-refractivity contribution is -0.120. The van der Waals surface area contributed by atoms with Gasteiger partial charge in [0, 0.05) is 16.1 Å². The molecule has 8 heteroatoms. The van der Waals surface area contributed by atoms with E-state index in [4.69, 9.17) is 11.6 Å². The lowest BCUT2D eigenvalue weighted by atomic mass is 10.2. The minimum absolute atomic E-state index is 0.0446. The van der Waals surface area contributed by atoms with Crippen LogP contribution in [0.5, 0.6) is 5.75 Å². The van der Waals surface area contributed by atoms with E-state index in [9.17, 15) is 19.1 Å². The van der Waals surface area contributed by atoms with E-state index < -0.39 is 17.6 Å². The molecule has 6 nitrogen and oxygen atoms in total. The largest absolute Gasteiger partial charge is 0.507 e. The van der Waals surface area contributed by atoms with Crippen LogP contribution in [0.2, 0.25) is 5.02 Å². The number of amides is 2. The first-order valence-corrected chi connectivity index (χ1v) is 7.17. The maximum absolute atomic E-state index is 13.0. The summed E-state index contributed by atoms with van der Waals surface area (Å²) >= 11 is 5.78. The molecule has 0 saturated heterocycles. The molecule has 2 amide bonds. The number of phenols is 1. The number of carbonyl (C=O) groups is 2. The highest BCUT2D eigenvalue weighted by Gasteiger charge is 2.08. The normalized spacial score (nSPS) is 10.6. The maximum Gasteiger partial charge on any atom is 0.259 e. The molecule has 0 radical (unpaired) electrons. The van der Waals surface area contributed by atoms with Crippen molar-refractivity contribution in [3.63, 3.8) is 0 Å². The number of hydrogen-bond acceptors (Lipinski definition) is 4. The van der Waals surface area contributed by atoms with E-state index in [1.54, 1.807) is 0 Å². The smallest absolute Gasteiger partial charge is 0.259 e. The van der Waals surface area contributed by atoms with Gasteiger partial charge in [0.15, 0.2) is 0 Å². The van der Waals surface area contributed by atoms with Crippen LogP contribution in [-0.4, -0.2) is 29.7 Å². The average molecular weight is 350 g/mol. The van der Waals surface area contributed by atoms with E-state index >= 15 is 0 Å².